The van der Waals surface area contributed by atoms with Crippen LogP contribution in [0, 0.1) is 6.92 Å². The van der Waals surface area contributed by atoms with Crippen LogP contribution in [0.25, 0.3) is 0 Å². The molecule has 1 aromatic heterocycles. The van der Waals surface area contributed by atoms with Crippen LogP contribution in [0.2, 0.25) is 0 Å². The summed E-state index contributed by atoms with van der Waals surface area (Å²) in [4.78, 5) is 11.8. The lowest BCUT2D eigenvalue weighted by molar-refractivity contribution is -0.126. The molecule has 0 N–H and O–H groups in total. The van der Waals surface area contributed by atoms with Crippen molar-refractivity contribution in [2.75, 3.05) is 13.2 Å². The van der Waals surface area contributed by atoms with Gasteiger partial charge < -0.3 is 9.47 Å². The van der Waals surface area contributed by atoms with Crippen LogP contribution in [-0.4, -0.2) is 35.1 Å². The van der Waals surface area contributed by atoms with Crippen LogP contribution in [0.1, 0.15) is 24.7 Å². The number of rotatable bonds is 5. The van der Waals surface area contributed by atoms with Crippen LogP contribution < -0.4 is 0 Å². The zero-order valence-corrected chi connectivity index (χ0v) is 10.3. The SMILES string of the molecule is CCn1nc(C)cc1CC(=O)CC1OCCO1. The Kier molecular flexibility index (Phi) is 3.91. The summed E-state index contributed by atoms with van der Waals surface area (Å²) in [5.74, 6) is 0.131. The second kappa shape index (κ2) is 5.42. The van der Waals surface area contributed by atoms with E-state index >= 15 is 0 Å². The summed E-state index contributed by atoms with van der Waals surface area (Å²) in [6, 6.07) is 1.96. The molecule has 2 rings (SSSR count). The summed E-state index contributed by atoms with van der Waals surface area (Å²) in [7, 11) is 0. The van der Waals surface area contributed by atoms with Gasteiger partial charge in [0.1, 0.15) is 5.78 Å². The predicted molar refractivity (Wildman–Crippen MR) is 61.7 cm³/mol. The fourth-order valence-electron chi connectivity index (χ4n) is 2.00. The molecule has 17 heavy (non-hydrogen) atoms. The van der Waals surface area contributed by atoms with Crippen LogP contribution in [0.3, 0.4) is 0 Å². The first-order valence-electron chi connectivity index (χ1n) is 5.97. The summed E-state index contributed by atoms with van der Waals surface area (Å²) in [5, 5.41) is 4.32. The van der Waals surface area contributed by atoms with E-state index in [1.54, 1.807) is 0 Å². The van der Waals surface area contributed by atoms with Crippen molar-refractivity contribution in [1.82, 2.24) is 9.78 Å². The summed E-state index contributed by atoms with van der Waals surface area (Å²) >= 11 is 0. The van der Waals surface area contributed by atoms with Gasteiger partial charge in [-0.05, 0) is 19.9 Å². The van der Waals surface area contributed by atoms with Crippen molar-refractivity contribution >= 4 is 5.78 Å². The van der Waals surface area contributed by atoms with E-state index in [1.807, 2.05) is 24.6 Å². The van der Waals surface area contributed by atoms with Gasteiger partial charge in [0, 0.05) is 18.7 Å². The zero-order valence-electron chi connectivity index (χ0n) is 10.3. The van der Waals surface area contributed by atoms with Gasteiger partial charge in [0.05, 0.1) is 25.3 Å². The van der Waals surface area contributed by atoms with Gasteiger partial charge in [-0.25, -0.2) is 0 Å². The van der Waals surface area contributed by atoms with Gasteiger partial charge in [-0.1, -0.05) is 0 Å². The van der Waals surface area contributed by atoms with Gasteiger partial charge in [-0.3, -0.25) is 9.48 Å². The lowest BCUT2D eigenvalue weighted by Crippen LogP contribution is -2.17. The van der Waals surface area contributed by atoms with Gasteiger partial charge in [-0.2, -0.15) is 5.10 Å². The molecule has 0 aromatic carbocycles. The van der Waals surface area contributed by atoms with Crippen LogP contribution in [0.15, 0.2) is 6.07 Å². The minimum atomic E-state index is -0.346. The number of carbonyl (C=O) groups excluding carboxylic acids is 1. The molecule has 0 amide bonds. The molecule has 5 nitrogen and oxygen atoms in total. The molecule has 0 unspecified atom stereocenters. The Balaban J connectivity index is 1.92. The van der Waals surface area contributed by atoms with Gasteiger partial charge in [0.15, 0.2) is 6.29 Å². The van der Waals surface area contributed by atoms with Gasteiger partial charge in [0.2, 0.25) is 0 Å². The third-order valence-electron chi connectivity index (χ3n) is 2.75. The number of Topliss-reactive ketones (excluding diaryl/α,β-unsaturated/α-hetero) is 1. The number of aryl methyl sites for hydroxylation is 2. The maximum atomic E-state index is 11.8. The topological polar surface area (TPSA) is 53.4 Å². The molecule has 1 aliphatic rings. The Morgan fingerprint density at radius 3 is 2.88 bits per heavy atom. The average Bonchev–Trinajstić information content (AvgIpc) is 2.88. The summed E-state index contributed by atoms with van der Waals surface area (Å²) < 4.78 is 12.4. The van der Waals surface area contributed by atoms with Crippen LogP contribution in [0.4, 0.5) is 0 Å². The third kappa shape index (κ3) is 3.14. The van der Waals surface area contributed by atoms with Gasteiger partial charge in [-0.15, -0.1) is 0 Å². The molecule has 0 bridgehead atoms. The smallest absolute Gasteiger partial charge is 0.164 e. The van der Waals surface area contributed by atoms with E-state index < -0.39 is 0 Å². The van der Waals surface area contributed by atoms with Crippen molar-refractivity contribution in [2.45, 2.75) is 39.5 Å². The minimum Gasteiger partial charge on any atom is -0.350 e. The van der Waals surface area contributed by atoms with Gasteiger partial charge >= 0.3 is 0 Å². The number of hydrogen-bond donors (Lipinski definition) is 0. The molecule has 1 fully saturated rings. The molecular formula is C12H18N2O3. The molecule has 94 valence electrons. The van der Waals surface area contributed by atoms with E-state index in [1.165, 1.54) is 0 Å². The number of aromatic nitrogens is 2. The van der Waals surface area contributed by atoms with E-state index in [2.05, 4.69) is 5.10 Å². The Bertz CT molecular complexity index is 394. The average molecular weight is 238 g/mol. The molecular weight excluding hydrogens is 220 g/mol. The monoisotopic (exact) mass is 238 g/mol. The Morgan fingerprint density at radius 2 is 2.24 bits per heavy atom. The maximum Gasteiger partial charge on any atom is 0.164 e. The number of nitrogens with zero attached hydrogens (tertiary/aromatic N) is 2. The quantitative estimate of drug-likeness (QED) is 0.770. The molecule has 0 saturated carbocycles. The first-order chi connectivity index (χ1) is 8.19. The first kappa shape index (κ1) is 12.3. The molecule has 5 heteroatoms. The Labute approximate surface area is 101 Å². The second-order valence-electron chi connectivity index (χ2n) is 4.18. The highest BCUT2D eigenvalue weighted by molar-refractivity contribution is 5.80. The first-order valence-corrected chi connectivity index (χ1v) is 5.97. The van der Waals surface area contributed by atoms with E-state index in [0.29, 0.717) is 26.1 Å². The molecule has 1 aliphatic heterocycles. The van der Waals surface area contributed by atoms with E-state index in [-0.39, 0.29) is 12.1 Å². The molecule has 1 saturated heterocycles. The van der Waals surface area contributed by atoms with E-state index in [0.717, 1.165) is 17.9 Å². The van der Waals surface area contributed by atoms with Crippen molar-refractivity contribution < 1.29 is 14.3 Å². The fraction of sp³-hybridized carbons (Fsp3) is 0.667. The number of ether oxygens (including phenoxy) is 2. The zero-order chi connectivity index (χ0) is 12.3. The summed E-state index contributed by atoms with van der Waals surface area (Å²) in [6.45, 7) is 5.91. The highest BCUT2D eigenvalue weighted by Crippen LogP contribution is 2.11. The fourth-order valence-corrected chi connectivity index (χ4v) is 2.00. The van der Waals surface area contributed by atoms with Crippen molar-refractivity contribution in [3.63, 3.8) is 0 Å². The number of hydrogen-bond acceptors (Lipinski definition) is 4. The largest absolute Gasteiger partial charge is 0.350 e. The van der Waals surface area contributed by atoms with Crippen LogP contribution in [-0.2, 0) is 27.2 Å². The lowest BCUT2D eigenvalue weighted by atomic mass is 10.1. The number of ketones is 1. The molecule has 0 aliphatic carbocycles. The Hall–Kier alpha value is -1.20. The molecule has 0 radical (unpaired) electrons. The highest BCUT2D eigenvalue weighted by Gasteiger charge is 2.20. The molecule has 0 atom stereocenters. The Morgan fingerprint density at radius 1 is 1.53 bits per heavy atom. The van der Waals surface area contributed by atoms with Crippen LogP contribution >= 0.6 is 0 Å². The highest BCUT2D eigenvalue weighted by atomic mass is 16.7. The summed E-state index contributed by atoms with van der Waals surface area (Å²) in [6.07, 6.45) is 0.382. The second-order valence-corrected chi connectivity index (χ2v) is 4.18. The number of carbonyl (C=O) groups is 1. The van der Waals surface area contributed by atoms with Crippen molar-refractivity contribution in [3.8, 4) is 0 Å². The van der Waals surface area contributed by atoms with Crippen molar-refractivity contribution in [3.05, 3.63) is 17.5 Å². The summed E-state index contributed by atoms with van der Waals surface area (Å²) in [5.41, 5.74) is 1.91. The molecule has 2 heterocycles. The molecule has 0 spiro atoms. The maximum absolute atomic E-state index is 11.8. The molecule has 1 aromatic rings. The minimum absolute atomic E-state index is 0.131. The van der Waals surface area contributed by atoms with E-state index in [4.69, 9.17) is 9.47 Å². The van der Waals surface area contributed by atoms with E-state index in [9.17, 15) is 4.79 Å². The van der Waals surface area contributed by atoms with Crippen molar-refractivity contribution in [1.29, 1.82) is 0 Å². The van der Waals surface area contributed by atoms with Crippen molar-refractivity contribution in [2.24, 2.45) is 0 Å². The standard InChI is InChI=1S/C12H18N2O3/c1-3-14-10(6-9(2)13-14)7-11(15)8-12-16-4-5-17-12/h6,12H,3-5,7-8H2,1-2H3. The van der Waals surface area contributed by atoms with Gasteiger partial charge in [0.25, 0.3) is 0 Å². The third-order valence-corrected chi connectivity index (χ3v) is 2.75. The lowest BCUT2D eigenvalue weighted by Gasteiger charge is -2.08. The van der Waals surface area contributed by atoms with Crippen LogP contribution in [0.5, 0.6) is 0 Å². The predicted octanol–water partition coefficient (Wildman–Crippen LogP) is 1.09. The normalized spacial score (nSPS) is 16.6.